The van der Waals surface area contributed by atoms with Crippen LogP contribution in [0.3, 0.4) is 0 Å². The maximum Gasteiger partial charge on any atom is 0.0604 e. The molecule has 0 spiro atoms. The van der Waals surface area contributed by atoms with Gasteiger partial charge in [-0.15, -0.1) is 0 Å². The van der Waals surface area contributed by atoms with Gasteiger partial charge in [-0.25, -0.2) is 0 Å². The molecule has 0 saturated carbocycles. The van der Waals surface area contributed by atoms with Gasteiger partial charge in [0.05, 0.1) is 11.4 Å². The highest BCUT2D eigenvalue weighted by atomic mass is 15.2. The van der Waals surface area contributed by atoms with Crippen molar-refractivity contribution >= 4 is 11.4 Å². The van der Waals surface area contributed by atoms with Crippen molar-refractivity contribution in [2.75, 3.05) is 37.0 Å². The van der Waals surface area contributed by atoms with E-state index in [-0.39, 0.29) is 0 Å². The quantitative estimate of drug-likeness (QED) is 0.899. The number of nitrogens with zero attached hydrogens (tertiary/aromatic N) is 2. The van der Waals surface area contributed by atoms with E-state index in [4.69, 9.17) is 0 Å². The van der Waals surface area contributed by atoms with Gasteiger partial charge in [-0.3, -0.25) is 0 Å². The van der Waals surface area contributed by atoms with Gasteiger partial charge in [0.1, 0.15) is 0 Å². The van der Waals surface area contributed by atoms with Crippen LogP contribution in [0.4, 0.5) is 11.4 Å². The molecule has 1 fully saturated rings. The minimum Gasteiger partial charge on any atom is -0.376 e. The zero-order valence-electron chi connectivity index (χ0n) is 12.7. The fourth-order valence-electron chi connectivity index (χ4n) is 2.91. The summed E-state index contributed by atoms with van der Waals surface area (Å²) in [6, 6.07) is 9.88. The molecule has 0 aliphatic carbocycles. The van der Waals surface area contributed by atoms with Crippen LogP contribution in [-0.4, -0.2) is 39.3 Å². The van der Waals surface area contributed by atoms with E-state index >= 15 is 0 Å². The predicted octanol–water partition coefficient (Wildman–Crippen LogP) is 2.72. The number of rotatable bonds is 4. The molecule has 1 aliphatic heterocycles. The van der Waals surface area contributed by atoms with Crippen LogP contribution in [0, 0.1) is 0 Å². The Bertz CT molecular complexity index is 401. The van der Waals surface area contributed by atoms with Gasteiger partial charge >= 0.3 is 0 Å². The zero-order valence-corrected chi connectivity index (χ0v) is 12.7. The van der Waals surface area contributed by atoms with Crippen molar-refractivity contribution < 1.29 is 0 Å². The van der Waals surface area contributed by atoms with Gasteiger partial charge in [-0.2, -0.15) is 0 Å². The Kier molecular flexibility index (Phi) is 4.70. The molecule has 1 unspecified atom stereocenters. The third kappa shape index (κ3) is 3.63. The van der Waals surface area contributed by atoms with E-state index in [0.717, 1.165) is 6.54 Å². The number of para-hydroxylation sites is 2. The molecule has 2 rings (SSSR count). The van der Waals surface area contributed by atoms with Crippen LogP contribution in [-0.2, 0) is 0 Å². The Labute approximate surface area is 117 Å². The molecule has 106 valence electrons. The predicted molar refractivity (Wildman–Crippen MR) is 84.3 cm³/mol. The number of nitrogens with one attached hydrogen (secondary N) is 1. The summed E-state index contributed by atoms with van der Waals surface area (Å²) in [5, 5.41) is 3.67. The van der Waals surface area contributed by atoms with E-state index in [1.807, 2.05) is 0 Å². The highest BCUT2D eigenvalue weighted by Gasteiger charge is 2.22. The van der Waals surface area contributed by atoms with Crippen LogP contribution in [0.1, 0.15) is 26.7 Å². The third-order valence-electron chi connectivity index (χ3n) is 3.69. The minimum atomic E-state index is 0.564. The van der Waals surface area contributed by atoms with Crippen molar-refractivity contribution in [2.24, 2.45) is 0 Å². The Balaban J connectivity index is 2.13. The SMILES string of the molecule is CC(C)NC1CCCN(c2ccccc2N(C)C)C1. The number of piperidine rings is 1. The normalized spacial score (nSPS) is 19.8. The Morgan fingerprint density at radius 1 is 1.26 bits per heavy atom. The lowest BCUT2D eigenvalue weighted by Crippen LogP contribution is -2.48. The van der Waals surface area contributed by atoms with Crippen molar-refractivity contribution in [2.45, 2.75) is 38.8 Å². The Morgan fingerprint density at radius 3 is 2.68 bits per heavy atom. The van der Waals surface area contributed by atoms with Crippen LogP contribution >= 0.6 is 0 Å². The molecule has 1 atom stereocenters. The smallest absolute Gasteiger partial charge is 0.0604 e. The lowest BCUT2D eigenvalue weighted by molar-refractivity contribution is 0.395. The van der Waals surface area contributed by atoms with Crippen molar-refractivity contribution in [3.8, 4) is 0 Å². The topological polar surface area (TPSA) is 18.5 Å². The number of anilines is 2. The second-order valence-corrected chi connectivity index (χ2v) is 5.99. The summed E-state index contributed by atoms with van der Waals surface area (Å²) < 4.78 is 0. The second kappa shape index (κ2) is 6.29. The lowest BCUT2D eigenvalue weighted by Gasteiger charge is -2.37. The molecule has 3 heteroatoms. The van der Waals surface area contributed by atoms with Gasteiger partial charge in [0.2, 0.25) is 0 Å². The average Bonchev–Trinajstić information content (AvgIpc) is 2.38. The first kappa shape index (κ1) is 14.2. The first-order valence-corrected chi connectivity index (χ1v) is 7.35. The molecule has 1 aromatic rings. The van der Waals surface area contributed by atoms with Crippen LogP contribution in [0.5, 0.6) is 0 Å². The fourth-order valence-corrected chi connectivity index (χ4v) is 2.91. The zero-order chi connectivity index (χ0) is 13.8. The van der Waals surface area contributed by atoms with E-state index in [1.54, 1.807) is 0 Å². The molecule has 3 nitrogen and oxygen atoms in total. The van der Waals surface area contributed by atoms with E-state index in [9.17, 15) is 0 Å². The van der Waals surface area contributed by atoms with E-state index in [1.165, 1.54) is 30.8 Å². The molecule has 1 saturated heterocycles. The third-order valence-corrected chi connectivity index (χ3v) is 3.69. The number of hydrogen-bond donors (Lipinski definition) is 1. The van der Waals surface area contributed by atoms with Crippen LogP contribution in [0.2, 0.25) is 0 Å². The summed E-state index contributed by atoms with van der Waals surface area (Å²) in [6.07, 6.45) is 2.56. The molecule has 0 bridgehead atoms. The van der Waals surface area contributed by atoms with Gasteiger partial charge in [-0.05, 0) is 25.0 Å². The van der Waals surface area contributed by atoms with Gasteiger partial charge < -0.3 is 15.1 Å². The van der Waals surface area contributed by atoms with Crippen LogP contribution in [0.25, 0.3) is 0 Å². The van der Waals surface area contributed by atoms with Crippen molar-refractivity contribution in [3.05, 3.63) is 24.3 Å². The first-order valence-electron chi connectivity index (χ1n) is 7.35. The van der Waals surface area contributed by atoms with Gasteiger partial charge in [-0.1, -0.05) is 26.0 Å². The van der Waals surface area contributed by atoms with Crippen molar-refractivity contribution in [1.29, 1.82) is 0 Å². The standard InChI is InChI=1S/C16H27N3/c1-13(2)17-14-8-7-11-19(12-14)16-10-6-5-9-15(16)18(3)4/h5-6,9-10,13-14,17H,7-8,11-12H2,1-4H3. The van der Waals surface area contributed by atoms with E-state index in [0.29, 0.717) is 12.1 Å². The largest absolute Gasteiger partial charge is 0.376 e. The molecule has 1 heterocycles. The molecular formula is C16H27N3. The van der Waals surface area contributed by atoms with Crippen LogP contribution < -0.4 is 15.1 Å². The summed E-state index contributed by atoms with van der Waals surface area (Å²) >= 11 is 0. The fraction of sp³-hybridized carbons (Fsp3) is 0.625. The minimum absolute atomic E-state index is 0.564. The first-order chi connectivity index (χ1) is 9.08. The second-order valence-electron chi connectivity index (χ2n) is 5.99. The molecule has 1 N–H and O–H groups in total. The number of benzene rings is 1. The molecule has 0 amide bonds. The summed E-state index contributed by atoms with van der Waals surface area (Å²) in [6.45, 7) is 6.74. The van der Waals surface area contributed by atoms with Crippen molar-refractivity contribution in [1.82, 2.24) is 5.32 Å². The van der Waals surface area contributed by atoms with Gasteiger partial charge in [0.15, 0.2) is 0 Å². The Morgan fingerprint density at radius 2 is 2.00 bits per heavy atom. The highest BCUT2D eigenvalue weighted by molar-refractivity contribution is 5.70. The van der Waals surface area contributed by atoms with Crippen LogP contribution in [0.15, 0.2) is 24.3 Å². The molecule has 0 radical (unpaired) electrons. The van der Waals surface area contributed by atoms with E-state index in [2.05, 4.69) is 67.3 Å². The molecular weight excluding hydrogens is 234 g/mol. The molecule has 1 aliphatic rings. The maximum absolute atomic E-state index is 3.67. The molecule has 0 aromatic heterocycles. The van der Waals surface area contributed by atoms with Crippen molar-refractivity contribution in [3.63, 3.8) is 0 Å². The summed E-state index contributed by atoms with van der Waals surface area (Å²) in [5.41, 5.74) is 2.68. The summed E-state index contributed by atoms with van der Waals surface area (Å²) in [4.78, 5) is 4.73. The molecule has 19 heavy (non-hydrogen) atoms. The maximum atomic E-state index is 3.67. The van der Waals surface area contributed by atoms with Gasteiger partial charge in [0, 0.05) is 39.3 Å². The number of hydrogen-bond acceptors (Lipinski definition) is 3. The Hall–Kier alpha value is -1.22. The summed E-state index contributed by atoms with van der Waals surface area (Å²) in [5.74, 6) is 0. The molecule has 1 aromatic carbocycles. The van der Waals surface area contributed by atoms with E-state index < -0.39 is 0 Å². The lowest BCUT2D eigenvalue weighted by atomic mass is 10.0. The highest BCUT2D eigenvalue weighted by Crippen LogP contribution is 2.29. The monoisotopic (exact) mass is 261 g/mol. The average molecular weight is 261 g/mol. The van der Waals surface area contributed by atoms with Gasteiger partial charge in [0.25, 0.3) is 0 Å². The summed E-state index contributed by atoms with van der Waals surface area (Å²) in [7, 11) is 4.24.